The Bertz CT molecular complexity index is 348. The van der Waals surface area contributed by atoms with Crippen LogP contribution in [-0.4, -0.2) is 10.8 Å². The Morgan fingerprint density at radius 1 is 1.83 bits per heavy atom. The fourth-order valence-corrected chi connectivity index (χ4v) is 0.750. The molecule has 0 bridgehead atoms. The fourth-order valence-electron chi connectivity index (χ4n) is 0.750. The van der Waals surface area contributed by atoms with Gasteiger partial charge < -0.3 is 5.73 Å². The third-order valence-corrected chi connectivity index (χ3v) is 1.20. The summed E-state index contributed by atoms with van der Waals surface area (Å²) in [4.78, 5) is 7.92. The van der Waals surface area contributed by atoms with Crippen LogP contribution in [0.15, 0.2) is 23.3 Å². The second kappa shape index (κ2) is 3.54. The van der Waals surface area contributed by atoms with Gasteiger partial charge in [0.1, 0.15) is 0 Å². The normalized spacial score (nSPS) is 10.8. The molecule has 0 saturated carbocycles. The van der Waals surface area contributed by atoms with Crippen LogP contribution in [0.25, 0.3) is 0 Å². The molecule has 0 atom stereocenters. The lowest BCUT2D eigenvalue weighted by Gasteiger charge is -1.94. The van der Waals surface area contributed by atoms with Crippen molar-refractivity contribution in [2.24, 2.45) is 10.7 Å². The van der Waals surface area contributed by atoms with Gasteiger partial charge in [0, 0.05) is 13.2 Å². The summed E-state index contributed by atoms with van der Waals surface area (Å²) in [5, 5.41) is 0. The SMILES string of the molecule is C#Cc1ccnc(N=C(C)N)c1.[HH]. The van der Waals surface area contributed by atoms with Gasteiger partial charge in [0.15, 0.2) is 5.82 Å². The van der Waals surface area contributed by atoms with E-state index in [1.54, 1.807) is 25.3 Å². The van der Waals surface area contributed by atoms with Crippen molar-refractivity contribution in [2.75, 3.05) is 0 Å². The predicted molar refractivity (Wildman–Crippen MR) is 51.2 cm³/mol. The largest absolute Gasteiger partial charge is 0.387 e. The standard InChI is InChI=1S/C9H9N3.H2/c1-3-8-4-5-11-9(6-8)12-7(2)10;/h1,4-6H,2H3,(H2,10,11,12);1H. The summed E-state index contributed by atoms with van der Waals surface area (Å²) in [5.74, 6) is 3.51. The minimum absolute atomic E-state index is 0. The van der Waals surface area contributed by atoms with Gasteiger partial charge in [-0.1, -0.05) is 5.92 Å². The molecule has 0 aliphatic rings. The van der Waals surface area contributed by atoms with E-state index in [4.69, 9.17) is 12.2 Å². The molecule has 0 aliphatic carbocycles. The highest BCUT2D eigenvalue weighted by Gasteiger charge is 1.91. The third kappa shape index (κ3) is 2.10. The minimum atomic E-state index is 0. The van der Waals surface area contributed by atoms with Crippen LogP contribution < -0.4 is 5.73 Å². The van der Waals surface area contributed by atoms with Crippen molar-refractivity contribution < 1.29 is 1.43 Å². The molecule has 0 fully saturated rings. The summed E-state index contributed by atoms with van der Waals surface area (Å²) < 4.78 is 0. The number of hydrogen-bond acceptors (Lipinski definition) is 2. The number of amidine groups is 1. The molecule has 0 radical (unpaired) electrons. The van der Waals surface area contributed by atoms with E-state index in [0.29, 0.717) is 11.7 Å². The van der Waals surface area contributed by atoms with E-state index in [0.717, 1.165) is 5.56 Å². The molecule has 3 heteroatoms. The van der Waals surface area contributed by atoms with E-state index in [-0.39, 0.29) is 1.43 Å². The van der Waals surface area contributed by atoms with Gasteiger partial charge in [0.25, 0.3) is 0 Å². The summed E-state index contributed by atoms with van der Waals surface area (Å²) in [6.45, 7) is 1.70. The zero-order valence-corrected chi connectivity index (χ0v) is 6.78. The Balaban J connectivity index is 0.00000144. The number of pyridine rings is 1. The monoisotopic (exact) mass is 161 g/mol. The molecule has 0 saturated heterocycles. The summed E-state index contributed by atoms with van der Waals surface area (Å²) in [6, 6.07) is 3.45. The highest BCUT2D eigenvalue weighted by molar-refractivity contribution is 5.80. The Hall–Kier alpha value is -1.82. The van der Waals surface area contributed by atoms with E-state index in [9.17, 15) is 0 Å². The second-order valence-corrected chi connectivity index (χ2v) is 2.30. The molecule has 2 N–H and O–H groups in total. The molecule has 62 valence electrons. The molecule has 0 aliphatic heterocycles. The molecule has 1 rings (SSSR count). The van der Waals surface area contributed by atoms with Crippen molar-refractivity contribution in [3.63, 3.8) is 0 Å². The average Bonchev–Trinajstić information content (AvgIpc) is 2.03. The van der Waals surface area contributed by atoms with E-state index < -0.39 is 0 Å². The number of nitrogens with two attached hydrogens (primary N) is 1. The maximum atomic E-state index is 5.37. The molecule has 0 amide bonds. The van der Waals surface area contributed by atoms with Gasteiger partial charge in [-0.15, -0.1) is 6.42 Å². The molecule has 0 spiro atoms. The van der Waals surface area contributed by atoms with E-state index >= 15 is 0 Å². The zero-order chi connectivity index (χ0) is 8.97. The maximum Gasteiger partial charge on any atom is 0.155 e. The molecule has 1 heterocycles. The fraction of sp³-hybridized carbons (Fsp3) is 0.111. The summed E-state index contributed by atoms with van der Waals surface area (Å²) in [6.07, 6.45) is 6.80. The molecule has 0 unspecified atom stereocenters. The van der Waals surface area contributed by atoms with Crippen LogP contribution in [0, 0.1) is 12.3 Å². The molecule has 1 aromatic rings. The van der Waals surface area contributed by atoms with Gasteiger partial charge in [0.05, 0.1) is 5.84 Å². The molecular weight excluding hydrogens is 150 g/mol. The van der Waals surface area contributed by atoms with Crippen LogP contribution in [0.2, 0.25) is 0 Å². The predicted octanol–water partition coefficient (Wildman–Crippen LogP) is 1.32. The summed E-state index contributed by atoms with van der Waals surface area (Å²) in [5.41, 5.74) is 6.13. The quantitative estimate of drug-likeness (QED) is 0.383. The lowest BCUT2D eigenvalue weighted by molar-refractivity contribution is 1.26. The Labute approximate surface area is 72.8 Å². The Morgan fingerprint density at radius 2 is 2.58 bits per heavy atom. The van der Waals surface area contributed by atoms with Crippen LogP contribution in [-0.2, 0) is 0 Å². The van der Waals surface area contributed by atoms with Gasteiger partial charge in [-0.2, -0.15) is 0 Å². The van der Waals surface area contributed by atoms with E-state index in [1.807, 2.05) is 0 Å². The highest BCUT2D eigenvalue weighted by atomic mass is 14.9. The number of nitrogens with zero attached hydrogens (tertiary/aromatic N) is 2. The number of hydrogen-bond donors (Lipinski definition) is 1. The van der Waals surface area contributed by atoms with Crippen LogP contribution in [0.1, 0.15) is 13.9 Å². The van der Waals surface area contributed by atoms with Crippen molar-refractivity contribution in [1.82, 2.24) is 4.98 Å². The summed E-state index contributed by atoms with van der Waals surface area (Å²) >= 11 is 0. The van der Waals surface area contributed by atoms with Gasteiger partial charge in [0.2, 0.25) is 0 Å². The zero-order valence-electron chi connectivity index (χ0n) is 6.78. The van der Waals surface area contributed by atoms with Gasteiger partial charge >= 0.3 is 0 Å². The highest BCUT2D eigenvalue weighted by Crippen LogP contribution is 2.08. The van der Waals surface area contributed by atoms with Crippen molar-refractivity contribution in [3.8, 4) is 12.3 Å². The topological polar surface area (TPSA) is 51.3 Å². The number of aliphatic imine (C=N–C) groups is 1. The van der Waals surface area contributed by atoms with Crippen molar-refractivity contribution in [3.05, 3.63) is 23.9 Å². The lowest BCUT2D eigenvalue weighted by atomic mass is 10.3. The Morgan fingerprint density at radius 3 is 3.17 bits per heavy atom. The first kappa shape index (κ1) is 8.28. The first-order chi connectivity index (χ1) is 5.72. The number of aromatic nitrogens is 1. The lowest BCUT2D eigenvalue weighted by Crippen LogP contribution is -2.04. The molecule has 1 aromatic heterocycles. The first-order valence-electron chi connectivity index (χ1n) is 3.46. The van der Waals surface area contributed by atoms with Gasteiger partial charge in [-0.25, -0.2) is 9.98 Å². The minimum Gasteiger partial charge on any atom is -0.387 e. The number of terminal acetylenes is 1. The van der Waals surface area contributed by atoms with E-state index in [2.05, 4.69) is 15.9 Å². The number of rotatable bonds is 1. The molecule has 3 nitrogen and oxygen atoms in total. The smallest absolute Gasteiger partial charge is 0.155 e. The summed E-state index contributed by atoms with van der Waals surface area (Å²) in [7, 11) is 0. The molecular formula is C9H11N3. The maximum absolute atomic E-state index is 5.37. The van der Waals surface area contributed by atoms with E-state index in [1.165, 1.54) is 0 Å². The van der Waals surface area contributed by atoms with Crippen LogP contribution in [0.3, 0.4) is 0 Å². The van der Waals surface area contributed by atoms with Crippen LogP contribution >= 0.6 is 0 Å². The third-order valence-electron chi connectivity index (χ3n) is 1.20. The van der Waals surface area contributed by atoms with Crippen molar-refractivity contribution >= 4 is 11.7 Å². The van der Waals surface area contributed by atoms with Gasteiger partial charge in [-0.05, 0) is 19.1 Å². The average molecular weight is 161 g/mol. The van der Waals surface area contributed by atoms with Crippen molar-refractivity contribution in [1.29, 1.82) is 0 Å². The van der Waals surface area contributed by atoms with Gasteiger partial charge in [-0.3, -0.25) is 0 Å². The Kier molecular flexibility index (Phi) is 2.44. The molecule has 0 aromatic carbocycles. The van der Waals surface area contributed by atoms with Crippen LogP contribution in [0.5, 0.6) is 0 Å². The molecule has 12 heavy (non-hydrogen) atoms. The second-order valence-electron chi connectivity index (χ2n) is 2.30. The van der Waals surface area contributed by atoms with Crippen LogP contribution in [0.4, 0.5) is 5.82 Å². The van der Waals surface area contributed by atoms with Crippen molar-refractivity contribution in [2.45, 2.75) is 6.92 Å². The first-order valence-corrected chi connectivity index (χ1v) is 3.46.